The zero-order valence-electron chi connectivity index (χ0n) is 8.78. The van der Waals surface area contributed by atoms with Crippen molar-refractivity contribution < 1.29 is 9.52 Å². The molecule has 1 rings (SSSR count). The number of hydrogen-bond donors (Lipinski definition) is 1. The Bertz CT molecular complexity index is 457. The third-order valence-electron chi connectivity index (χ3n) is 1.87. The Morgan fingerprint density at radius 1 is 1.73 bits per heavy atom. The fraction of sp³-hybridized carbons (Fsp3) is 0.273. The van der Waals surface area contributed by atoms with Crippen LogP contribution in [-0.4, -0.2) is 17.4 Å². The Labute approximate surface area is 87.6 Å². The third kappa shape index (κ3) is 2.56. The van der Waals surface area contributed by atoms with Gasteiger partial charge in [-0.1, -0.05) is 6.08 Å². The highest BCUT2D eigenvalue weighted by Gasteiger charge is 2.11. The predicted molar refractivity (Wildman–Crippen MR) is 58.7 cm³/mol. The maximum Gasteiger partial charge on any atom is 0.348 e. The zero-order valence-corrected chi connectivity index (χ0v) is 8.78. The molecule has 0 unspecified atom stereocenters. The van der Waals surface area contributed by atoms with Crippen LogP contribution in [-0.2, 0) is 0 Å². The molecule has 0 aromatic carbocycles. The van der Waals surface area contributed by atoms with Crippen molar-refractivity contribution in [2.75, 3.05) is 6.54 Å². The summed E-state index contributed by atoms with van der Waals surface area (Å²) in [5.41, 5.74) is -0.0126. The van der Waals surface area contributed by atoms with Gasteiger partial charge >= 0.3 is 5.63 Å². The van der Waals surface area contributed by atoms with E-state index in [-0.39, 0.29) is 11.3 Å². The molecular formula is C11H13NO3. The quantitative estimate of drug-likeness (QED) is 0.605. The summed E-state index contributed by atoms with van der Waals surface area (Å²) < 4.78 is 4.87. The van der Waals surface area contributed by atoms with Gasteiger partial charge in [-0.2, -0.15) is 0 Å². The maximum atomic E-state index is 11.4. The fourth-order valence-electron chi connectivity index (χ4n) is 1.21. The first-order valence-corrected chi connectivity index (χ1v) is 4.52. The largest absolute Gasteiger partial charge is 0.507 e. The third-order valence-corrected chi connectivity index (χ3v) is 1.87. The molecule has 0 aliphatic carbocycles. The molecule has 0 saturated heterocycles. The second-order valence-corrected chi connectivity index (χ2v) is 3.12. The minimum Gasteiger partial charge on any atom is -0.507 e. The maximum absolute atomic E-state index is 11.4. The summed E-state index contributed by atoms with van der Waals surface area (Å²) >= 11 is 0. The van der Waals surface area contributed by atoms with Crippen molar-refractivity contribution in [1.82, 2.24) is 0 Å². The average molecular weight is 207 g/mol. The summed E-state index contributed by atoms with van der Waals surface area (Å²) in [5.74, 6) is 0.270. The highest BCUT2D eigenvalue weighted by atomic mass is 16.4. The summed E-state index contributed by atoms with van der Waals surface area (Å²) in [6, 6.07) is 1.39. The van der Waals surface area contributed by atoms with Crippen LogP contribution in [0.15, 0.2) is 32.9 Å². The number of aromatic hydroxyl groups is 1. The molecule has 1 heterocycles. The van der Waals surface area contributed by atoms with Gasteiger partial charge in [0.1, 0.15) is 17.1 Å². The normalized spacial score (nSPS) is 11.5. The first kappa shape index (κ1) is 11.2. The van der Waals surface area contributed by atoms with Crippen molar-refractivity contribution in [2.45, 2.75) is 13.8 Å². The molecule has 4 nitrogen and oxygen atoms in total. The molecular weight excluding hydrogens is 194 g/mol. The lowest BCUT2D eigenvalue weighted by molar-refractivity contribution is 0.432. The van der Waals surface area contributed by atoms with E-state index in [0.29, 0.717) is 18.0 Å². The first-order chi connectivity index (χ1) is 7.06. The number of aliphatic imine (C=N–C) groups is 1. The van der Waals surface area contributed by atoms with Gasteiger partial charge in [-0.05, 0) is 13.8 Å². The van der Waals surface area contributed by atoms with Gasteiger partial charge in [-0.3, -0.25) is 4.99 Å². The van der Waals surface area contributed by atoms with Crippen LogP contribution in [0.4, 0.5) is 0 Å². The van der Waals surface area contributed by atoms with E-state index >= 15 is 0 Å². The number of rotatable bonds is 3. The first-order valence-electron chi connectivity index (χ1n) is 4.52. The topological polar surface area (TPSA) is 62.8 Å². The molecule has 0 saturated carbocycles. The summed E-state index contributed by atoms with van der Waals surface area (Å²) in [4.78, 5) is 15.5. The van der Waals surface area contributed by atoms with Crippen molar-refractivity contribution >= 4 is 5.71 Å². The fourth-order valence-corrected chi connectivity index (χ4v) is 1.21. The molecule has 0 amide bonds. The Morgan fingerprint density at radius 2 is 2.40 bits per heavy atom. The van der Waals surface area contributed by atoms with Gasteiger partial charge in [0.15, 0.2) is 0 Å². The molecule has 0 bridgehead atoms. The molecule has 1 N–H and O–H groups in total. The Morgan fingerprint density at radius 3 is 2.93 bits per heavy atom. The Kier molecular flexibility index (Phi) is 3.44. The highest BCUT2D eigenvalue weighted by Crippen LogP contribution is 2.15. The molecule has 0 atom stereocenters. The average Bonchev–Trinajstić information content (AvgIpc) is 2.12. The summed E-state index contributed by atoms with van der Waals surface area (Å²) in [7, 11) is 0. The minimum absolute atomic E-state index is 0.103. The summed E-state index contributed by atoms with van der Waals surface area (Å²) in [5, 5.41) is 9.58. The molecule has 0 fully saturated rings. The summed E-state index contributed by atoms with van der Waals surface area (Å²) in [6.07, 6.45) is 1.61. The van der Waals surface area contributed by atoms with E-state index in [1.54, 1.807) is 19.9 Å². The van der Waals surface area contributed by atoms with Gasteiger partial charge < -0.3 is 9.52 Å². The predicted octanol–water partition coefficient (Wildman–Crippen LogP) is 1.65. The Balaban J connectivity index is 3.26. The van der Waals surface area contributed by atoms with E-state index in [0.717, 1.165) is 0 Å². The van der Waals surface area contributed by atoms with Crippen LogP contribution in [0.1, 0.15) is 18.2 Å². The molecule has 0 radical (unpaired) electrons. The van der Waals surface area contributed by atoms with E-state index < -0.39 is 5.63 Å². The highest BCUT2D eigenvalue weighted by molar-refractivity contribution is 6.00. The smallest absolute Gasteiger partial charge is 0.348 e. The van der Waals surface area contributed by atoms with Gasteiger partial charge in [0.05, 0.1) is 12.3 Å². The van der Waals surface area contributed by atoms with Crippen molar-refractivity contribution in [3.63, 3.8) is 0 Å². The van der Waals surface area contributed by atoms with Crippen LogP contribution in [0.25, 0.3) is 0 Å². The molecule has 0 aliphatic heterocycles. The van der Waals surface area contributed by atoms with E-state index in [4.69, 9.17) is 4.42 Å². The van der Waals surface area contributed by atoms with Crippen LogP contribution >= 0.6 is 0 Å². The lowest BCUT2D eigenvalue weighted by Gasteiger charge is -2.02. The summed E-state index contributed by atoms with van der Waals surface area (Å²) in [6.45, 7) is 7.16. The molecule has 0 spiro atoms. The van der Waals surface area contributed by atoms with Crippen LogP contribution in [0.2, 0.25) is 0 Å². The lowest BCUT2D eigenvalue weighted by atomic mass is 10.1. The second kappa shape index (κ2) is 4.59. The van der Waals surface area contributed by atoms with Crippen LogP contribution in [0.5, 0.6) is 5.75 Å². The van der Waals surface area contributed by atoms with Crippen LogP contribution in [0.3, 0.4) is 0 Å². The van der Waals surface area contributed by atoms with Gasteiger partial charge in [0.25, 0.3) is 0 Å². The van der Waals surface area contributed by atoms with Gasteiger partial charge in [0.2, 0.25) is 0 Å². The van der Waals surface area contributed by atoms with E-state index in [1.807, 2.05) is 0 Å². The molecule has 1 aromatic heterocycles. The van der Waals surface area contributed by atoms with Crippen molar-refractivity contribution in [2.24, 2.45) is 4.99 Å². The minimum atomic E-state index is -0.571. The van der Waals surface area contributed by atoms with E-state index in [9.17, 15) is 9.90 Å². The molecule has 80 valence electrons. The number of nitrogens with zero attached hydrogens (tertiary/aromatic N) is 1. The zero-order chi connectivity index (χ0) is 11.4. The monoisotopic (exact) mass is 207 g/mol. The standard InChI is InChI=1S/C11H13NO3/c1-4-5-12-8(3)10-9(13)6-7(2)15-11(10)14/h4,6,13H,1,5H2,2-3H3. The van der Waals surface area contributed by atoms with Gasteiger partial charge in [0, 0.05) is 6.07 Å². The second-order valence-electron chi connectivity index (χ2n) is 3.12. The van der Waals surface area contributed by atoms with Crippen molar-refractivity contribution in [3.8, 4) is 5.75 Å². The molecule has 1 aromatic rings. The van der Waals surface area contributed by atoms with Gasteiger partial charge in [-0.25, -0.2) is 4.79 Å². The van der Waals surface area contributed by atoms with Crippen LogP contribution in [0, 0.1) is 6.92 Å². The number of aryl methyl sites for hydroxylation is 1. The Hall–Kier alpha value is -1.84. The van der Waals surface area contributed by atoms with Gasteiger partial charge in [-0.15, -0.1) is 6.58 Å². The number of hydrogen-bond acceptors (Lipinski definition) is 4. The van der Waals surface area contributed by atoms with E-state index in [2.05, 4.69) is 11.6 Å². The lowest BCUT2D eigenvalue weighted by Crippen LogP contribution is -2.13. The molecule has 0 aliphatic rings. The van der Waals surface area contributed by atoms with E-state index in [1.165, 1.54) is 6.07 Å². The SMILES string of the molecule is C=CCN=C(C)c1c(O)cc(C)oc1=O. The van der Waals surface area contributed by atoms with Crippen LogP contribution < -0.4 is 5.63 Å². The van der Waals surface area contributed by atoms with Crippen molar-refractivity contribution in [3.05, 3.63) is 40.5 Å². The van der Waals surface area contributed by atoms with Crippen molar-refractivity contribution in [1.29, 1.82) is 0 Å². The molecule has 4 heteroatoms. The molecule has 15 heavy (non-hydrogen) atoms.